The van der Waals surface area contributed by atoms with Crippen LogP contribution in [-0.4, -0.2) is 41.8 Å². The third kappa shape index (κ3) is 4.29. The molecule has 8 heteroatoms. The van der Waals surface area contributed by atoms with Crippen LogP contribution in [0.2, 0.25) is 0 Å². The molecule has 0 aromatic carbocycles. The molecule has 3 rings (SSSR count). The third-order valence-corrected chi connectivity index (χ3v) is 5.58. The van der Waals surface area contributed by atoms with Crippen molar-refractivity contribution >= 4 is 21.4 Å². The topological polar surface area (TPSA) is 101 Å². The van der Waals surface area contributed by atoms with Crippen molar-refractivity contribution in [3.8, 4) is 0 Å². The number of sulfone groups is 1. The van der Waals surface area contributed by atoms with Crippen molar-refractivity contribution < 1.29 is 13.2 Å². The van der Waals surface area contributed by atoms with E-state index < -0.39 is 9.84 Å². The van der Waals surface area contributed by atoms with Gasteiger partial charge in [-0.25, -0.2) is 8.42 Å². The Balaban J connectivity index is 1.61. The Morgan fingerprint density at radius 2 is 2.00 bits per heavy atom. The van der Waals surface area contributed by atoms with Crippen LogP contribution in [-0.2, 0) is 16.4 Å². The van der Waals surface area contributed by atoms with Crippen LogP contribution >= 0.6 is 0 Å². The molecule has 1 aliphatic heterocycles. The minimum atomic E-state index is -3.02. The van der Waals surface area contributed by atoms with Crippen molar-refractivity contribution in [3.05, 3.63) is 54.1 Å². The Hall–Kier alpha value is -2.48. The van der Waals surface area contributed by atoms with Gasteiger partial charge in [-0.3, -0.25) is 14.8 Å². The van der Waals surface area contributed by atoms with Gasteiger partial charge in [0.15, 0.2) is 9.84 Å². The van der Waals surface area contributed by atoms with Gasteiger partial charge >= 0.3 is 0 Å². The fourth-order valence-electron chi connectivity index (χ4n) is 2.54. The van der Waals surface area contributed by atoms with E-state index in [1.807, 2.05) is 12.1 Å². The first-order valence-electron chi connectivity index (χ1n) is 7.61. The van der Waals surface area contributed by atoms with Crippen LogP contribution in [0.25, 0.3) is 0 Å². The molecule has 0 radical (unpaired) electrons. The van der Waals surface area contributed by atoms with Gasteiger partial charge in [0.1, 0.15) is 0 Å². The predicted octanol–water partition coefficient (Wildman–Crippen LogP) is 1.01. The number of carbonyl (C=O) groups is 1. The van der Waals surface area contributed by atoms with Gasteiger partial charge in [0, 0.05) is 37.4 Å². The molecule has 2 aromatic rings. The minimum absolute atomic E-state index is 0.00610. The van der Waals surface area contributed by atoms with Gasteiger partial charge in [-0.15, -0.1) is 0 Å². The lowest BCUT2D eigenvalue weighted by Gasteiger charge is -2.12. The second kappa shape index (κ2) is 6.96. The normalized spacial score (nSPS) is 18.9. The zero-order valence-electron chi connectivity index (χ0n) is 13.0. The summed E-state index contributed by atoms with van der Waals surface area (Å²) in [6, 6.07) is 5.18. The summed E-state index contributed by atoms with van der Waals surface area (Å²) in [4.78, 5) is 20.3. The number of hydrogen-bond acceptors (Lipinski definition) is 6. The number of carbonyl (C=O) groups excluding carboxylic acids is 1. The van der Waals surface area contributed by atoms with Crippen LogP contribution < -0.4 is 10.6 Å². The zero-order valence-corrected chi connectivity index (χ0v) is 13.8. The van der Waals surface area contributed by atoms with Gasteiger partial charge in [0.05, 0.1) is 22.8 Å². The molecule has 24 heavy (non-hydrogen) atoms. The van der Waals surface area contributed by atoms with E-state index in [1.165, 1.54) is 6.20 Å². The standard InChI is InChI=1S/C16H18N4O3S/c21-16(20-14-3-6-24(22,23)11-14)13-7-15(10-18-9-13)19-8-12-1-4-17-5-2-12/h1-2,4-5,7,9-10,14,19H,3,6,8,11H2,(H,20,21). The third-order valence-electron chi connectivity index (χ3n) is 3.81. The van der Waals surface area contributed by atoms with Crippen molar-refractivity contribution in [1.82, 2.24) is 15.3 Å². The number of anilines is 1. The van der Waals surface area contributed by atoms with E-state index in [0.29, 0.717) is 18.5 Å². The Morgan fingerprint density at radius 3 is 2.71 bits per heavy atom. The average Bonchev–Trinajstić information content (AvgIpc) is 2.93. The fourth-order valence-corrected chi connectivity index (χ4v) is 4.22. The van der Waals surface area contributed by atoms with Crippen LogP contribution in [0.1, 0.15) is 22.3 Å². The number of hydrogen-bond donors (Lipinski definition) is 2. The van der Waals surface area contributed by atoms with Crippen molar-refractivity contribution in [2.45, 2.75) is 19.0 Å². The fraction of sp³-hybridized carbons (Fsp3) is 0.312. The highest BCUT2D eigenvalue weighted by molar-refractivity contribution is 7.91. The molecule has 1 aliphatic rings. The highest BCUT2D eigenvalue weighted by Crippen LogP contribution is 2.14. The first-order valence-corrected chi connectivity index (χ1v) is 9.43. The molecular formula is C16H18N4O3S. The number of nitrogens with zero attached hydrogens (tertiary/aromatic N) is 2. The van der Waals surface area contributed by atoms with Crippen LogP contribution in [0.4, 0.5) is 5.69 Å². The summed E-state index contributed by atoms with van der Waals surface area (Å²) >= 11 is 0. The van der Waals surface area contributed by atoms with Gasteiger partial charge in [-0.1, -0.05) is 0 Å². The summed E-state index contributed by atoms with van der Waals surface area (Å²) in [7, 11) is -3.02. The molecule has 0 saturated carbocycles. The molecule has 1 saturated heterocycles. The quantitative estimate of drug-likeness (QED) is 0.838. The molecule has 0 bridgehead atoms. The summed E-state index contributed by atoms with van der Waals surface area (Å²) in [5.74, 6) is -0.173. The molecule has 3 heterocycles. The summed E-state index contributed by atoms with van der Waals surface area (Å²) in [6.45, 7) is 0.593. The molecule has 7 nitrogen and oxygen atoms in total. The molecule has 2 aromatic heterocycles. The lowest BCUT2D eigenvalue weighted by molar-refractivity contribution is 0.0941. The van der Waals surface area contributed by atoms with Crippen molar-refractivity contribution in [3.63, 3.8) is 0 Å². The van der Waals surface area contributed by atoms with Crippen LogP contribution in [0.3, 0.4) is 0 Å². The maximum atomic E-state index is 12.3. The van der Waals surface area contributed by atoms with Crippen LogP contribution in [0.15, 0.2) is 43.0 Å². The van der Waals surface area contributed by atoms with Crippen LogP contribution in [0, 0.1) is 0 Å². The van der Waals surface area contributed by atoms with E-state index in [0.717, 1.165) is 11.3 Å². The molecule has 2 N–H and O–H groups in total. The van der Waals surface area contributed by atoms with E-state index in [1.54, 1.807) is 24.7 Å². The van der Waals surface area contributed by atoms with Gasteiger partial charge in [0.25, 0.3) is 5.91 Å². The summed E-state index contributed by atoms with van der Waals surface area (Å²) in [5, 5.41) is 5.95. The second-order valence-electron chi connectivity index (χ2n) is 5.74. The first kappa shape index (κ1) is 16.4. The van der Waals surface area contributed by atoms with Gasteiger partial charge in [0.2, 0.25) is 0 Å². The largest absolute Gasteiger partial charge is 0.380 e. The maximum Gasteiger partial charge on any atom is 0.253 e. The summed E-state index contributed by atoms with van der Waals surface area (Å²) in [5.41, 5.74) is 2.19. The molecule has 0 aliphatic carbocycles. The Morgan fingerprint density at radius 1 is 1.21 bits per heavy atom. The summed E-state index contributed by atoms with van der Waals surface area (Å²) in [6.07, 6.45) is 7.00. The molecule has 1 unspecified atom stereocenters. The van der Waals surface area contributed by atoms with E-state index in [-0.39, 0.29) is 23.5 Å². The lowest BCUT2D eigenvalue weighted by atomic mass is 10.2. The Bertz CT molecular complexity index is 824. The first-order chi connectivity index (χ1) is 11.5. The molecular weight excluding hydrogens is 328 g/mol. The van der Waals surface area contributed by atoms with Crippen molar-refractivity contribution in [2.24, 2.45) is 0 Å². The molecule has 0 spiro atoms. The second-order valence-corrected chi connectivity index (χ2v) is 7.97. The lowest BCUT2D eigenvalue weighted by Crippen LogP contribution is -2.35. The van der Waals surface area contributed by atoms with Gasteiger partial charge < -0.3 is 10.6 Å². The minimum Gasteiger partial charge on any atom is -0.380 e. The molecule has 126 valence electrons. The van der Waals surface area contributed by atoms with Crippen molar-refractivity contribution in [1.29, 1.82) is 0 Å². The highest BCUT2D eigenvalue weighted by atomic mass is 32.2. The number of aromatic nitrogens is 2. The Kier molecular flexibility index (Phi) is 4.75. The van der Waals surface area contributed by atoms with E-state index in [2.05, 4.69) is 20.6 Å². The zero-order chi connectivity index (χ0) is 17.0. The molecule has 1 atom stereocenters. The number of rotatable bonds is 5. The SMILES string of the molecule is O=C(NC1CCS(=O)(=O)C1)c1cncc(NCc2ccncc2)c1. The monoisotopic (exact) mass is 346 g/mol. The number of amides is 1. The highest BCUT2D eigenvalue weighted by Gasteiger charge is 2.29. The van der Waals surface area contributed by atoms with E-state index in [9.17, 15) is 13.2 Å². The van der Waals surface area contributed by atoms with Crippen molar-refractivity contribution in [2.75, 3.05) is 16.8 Å². The van der Waals surface area contributed by atoms with E-state index in [4.69, 9.17) is 0 Å². The van der Waals surface area contributed by atoms with Gasteiger partial charge in [-0.2, -0.15) is 0 Å². The molecule has 1 amide bonds. The Labute approximate surface area is 140 Å². The maximum absolute atomic E-state index is 12.3. The van der Waals surface area contributed by atoms with Gasteiger partial charge in [-0.05, 0) is 30.2 Å². The number of pyridine rings is 2. The predicted molar refractivity (Wildman–Crippen MR) is 90.3 cm³/mol. The number of nitrogens with one attached hydrogen (secondary N) is 2. The molecule has 1 fully saturated rings. The average molecular weight is 346 g/mol. The smallest absolute Gasteiger partial charge is 0.253 e. The van der Waals surface area contributed by atoms with Crippen LogP contribution in [0.5, 0.6) is 0 Å². The van der Waals surface area contributed by atoms with E-state index >= 15 is 0 Å². The summed E-state index contributed by atoms with van der Waals surface area (Å²) < 4.78 is 22.9.